The molecule has 0 bridgehead atoms. The lowest BCUT2D eigenvalue weighted by Crippen LogP contribution is -2.16. The number of hydrogen-bond acceptors (Lipinski definition) is 6. The molecule has 0 spiro atoms. The zero-order valence-electron chi connectivity index (χ0n) is 7.48. The Morgan fingerprint density at radius 3 is 2.92 bits per heavy atom. The number of esters is 1. The lowest BCUT2D eigenvalue weighted by Gasteiger charge is -2.06. The second-order valence-corrected chi connectivity index (χ2v) is 3.40. The summed E-state index contributed by atoms with van der Waals surface area (Å²) in [5.74, 6) is -0.319. The molecule has 1 rings (SSSR count). The molecule has 0 aromatic carbocycles. The monoisotopic (exact) mass is 201 g/mol. The van der Waals surface area contributed by atoms with Crippen LogP contribution in [0.2, 0.25) is 0 Å². The fourth-order valence-electron chi connectivity index (χ4n) is 0.933. The highest BCUT2D eigenvalue weighted by molar-refractivity contribution is 7.05. The van der Waals surface area contributed by atoms with E-state index < -0.39 is 0 Å². The van der Waals surface area contributed by atoms with Crippen LogP contribution in [-0.4, -0.2) is 22.7 Å². The number of carbonyl (C=O) groups is 1. The maximum atomic E-state index is 10.9. The van der Waals surface area contributed by atoms with Crippen LogP contribution < -0.4 is 5.73 Å². The highest BCUT2D eigenvalue weighted by Crippen LogP contribution is 2.20. The van der Waals surface area contributed by atoms with E-state index in [1.165, 1.54) is 18.6 Å². The Morgan fingerprint density at radius 2 is 2.46 bits per heavy atom. The maximum absolute atomic E-state index is 10.9. The van der Waals surface area contributed by atoms with Gasteiger partial charge in [0.1, 0.15) is 0 Å². The molecule has 72 valence electrons. The summed E-state index contributed by atoms with van der Waals surface area (Å²) in [6.07, 6.45) is 0.168. The number of aryl methyl sites for hydroxylation is 1. The zero-order valence-corrected chi connectivity index (χ0v) is 8.30. The summed E-state index contributed by atoms with van der Waals surface area (Å²) in [6.45, 7) is 1.82. The van der Waals surface area contributed by atoms with Gasteiger partial charge in [-0.25, -0.2) is 0 Å². The van der Waals surface area contributed by atoms with Crippen LogP contribution in [0.15, 0.2) is 0 Å². The van der Waals surface area contributed by atoms with Crippen molar-refractivity contribution in [2.45, 2.75) is 19.4 Å². The molecular weight excluding hydrogens is 190 g/mol. The molecule has 0 fully saturated rings. The van der Waals surface area contributed by atoms with Crippen LogP contribution in [0.25, 0.3) is 0 Å². The van der Waals surface area contributed by atoms with Gasteiger partial charge in [-0.2, -0.15) is 0 Å². The van der Waals surface area contributed by atoms with Crippen molar-refractivity contribution >= 4 is 17.5 Å². The summed E-state index contributed by atoms with van der Waals surface area (Å²) >= 11 is 1.22. The van der Waals surface area contributed by atoms with Crippen LogP contribution in [-0.2, 0) is 9.53 Å². The first-order valence-corrected chi connectivity index (χ1v) is 4.53. The topological polar surface area (TPSA) is 78.1 Å². The Balaban J connectivity index is 2.63. The molecule has 1 atom stereocenters. The average molecular weight is 201 g/mol. The first-order valence-electron chi connectivity index (χ1n) is 3.76. The van der Waals surface area contributed by atoms with E-state index in [2.05, 4.69) is 14.3 Å². The molecule has 1 heterocycles. The molecule has 0 saturated carbocycles. The number of nitrogens with zero attached hydrogens (tertiary/aromatic N) is 2. The number of ether oxygens (including phenoxy) is 1. The minimum Gasteiger partial charge on any atom is -0.469 e. The van der Waals surface area contributed by atoms with Crippen molar-refractivity contribution in [2.24, 2.45) is 5.73 Å². The predicted molar refractivity (Wildman–Crippen MR) is 48.2 cm³/mol. The van der Waals surface area contributed by atoms with Gasteiger partial charge >= 0.3 is 5.97 Å². The van der Waals surface area contributed by atoms with E-state index in [0.717, 1.165) is 10.6 Å². The fourth-order valence-corrected chi connectivity index (χ4v) is 1.58. The normalized spacial score (nSPS) is 12.5. The summed E-state index contributed by atoms with van der Waals surface area (Å²) in [4.78, 5) is 11.7. The van der Waals surface area contributed by atoms with Gasteiger partial charge in [0.25, 0.3) is 0 Å². The van der Waals surface area contributed by atoms with Crippen LogP contribution in [0.3, 0.4) is 0 Å². The van der Waals surface area contributed by atoms with E-state index >= 15 is 0 Å². The molecule has 13 heavy (non-hydrogen) atoms. The van der Waals surface area contributed by atoms with Gasteiger partial charge in [-0.3, -0.25) is 4.79 Å². The second-order valence-electron chi connectivity index (χ2n) is 2.61. The number of aromatic nitrogens is 2. The van der Waals surface area contributed by atoms with Crippen molar-refractivity contribution in [1.29, 1.82) is 0 Å². The fraction of sp³-hybridized carbons (Fsp3) is 0.571. The molecule has 0 saturated heterocycles. The van der Waals surface area contributed by atoms with Crippen molar-refractivity contribution in [3.63, 3.8) is 0 Å². The van der Waals surface area contributed by atoms with Gasteiger partial charge in [0.05, 0.1) is 30.1 Å². The number of carbonyl (C=O) groups excluding carboxylic acids is 1. The molecule has 0 aliphatic heterocycles. The van der Waals surface area contributed by atoms with Gasteiger partial charge in [0, 0.05) is 0 Å². The van der Waals surface area contributed by atoms with Gasteiger partial charge in [-0.1, -0.05) is 4.49 Å². The van der Waals surface area contributed by atoms with Gasteiger partial charge in [0.15, 0.2) is 0 Å². The minimum absolute atomic E-state index is 0.168. The predicted octanol–water partition coefficient (Wildman–Crippen LogP) is 0.409. The quantitative estimate of drug-likeness (QED) is 0.716. The van der Waals surface area contributed by atoms with E-state index in [1.54, 1.807) is 0 Å². The standard InChI is InChI=1S/C7H11N3O2S/c1-4-7(13-10-9-4)5(8)3-6(11)12-2/h5H,3,8H2,1-2H3/t5-/m0/s1. The summed E-state index contributed by atoms with van der Waals surface area (Å²) in [7, 11) is 1.34. The third-order valence-electron chi connectivity index (χ3n) is 1.64. The summed E-state index contributed by atoms with van der Waals surface area (Å²) < 4.78 is 8.24. The molecule has 5 nitrogen and oxygen atoms in total. The van der Waals surface area contributed by atoms with Crippen molar-refractivity contribution in [2.75, 3.05) is 7.11 Å². The van der Waals surface area contributed by atoms with Crippen LogP contribution in [0.1, 0.15) is 23.0 Å². The SMILES string of the molecule is COC(=O)C[C@H](N)c1snnc1C. The third kappa shape index (κ3) is 2.46. The third-order valence-corrected chi connectivity index (χ3v) is 2.60. The minimum atomic E-state index is -0.354. The molecule has 0 radical (unpaired) electrons. The Hall–Kier alpha value is -1.01. The molecule has 0 unspecified atom stereocenters. The van der Waals surface area contributed by atoms with E-state index in [9.17, 15) is 4.79 Å². The highest BCUT2D eigenvalue weighted by atomic mass is 32.1. The van der Waals surface area contributed by atoms with Crippen molar-refractivity contribution in [1.82, 2.24) is 9.59 Å². The number of nitrogens with two attached hydrogens (primary N) is 1. The van der Waals surface area contributed by atoms with E-state index in [0.29, 0.717) is 0 Å². The van der Waals surface area contributed by atoms with Gasteiger partial charge in [-0.15, -0.1) is 5.10 Å². The number of rotatable bonds is 3. The lowest BCUT2D eigenvalue weighted by atomic mass is 10.1. The lowest BCUT2D eigenvalue weighted by molar-refractivity contribution is -0.141. The first-order chi connectivity index (χ1) is 6.15. The largest absolute Gasteiger partial charge is 0.469 e. The van der Waals surface area contributed by atoms with Crippen LogP contribution >= 0.6 is 11.5 Å². The Morgan fingerprint density at radius 1 is 1.77 bits per heavy atom. The molecule has 2 N–H and O–H groups in total. The summed E-state index contributed by atoms with van der Waals surface area (Å²) in [6, 6.07) is -0.354. The van der Waals surface area contributed by atoms with Crippen molar-refractivity contribution in [3.05, 3.63) is 10.6 Å². The highest BCUT2D eigenvalue weighted by Gasteiger charge is 2.16. The van der Waals surface area contributed by atoms with Crippen LogP contribution in [0.4, 0.5) is 0 Å². The molecule has 1 aromatic heterocycles. The van der Waals surface area contributed by atoms with Crippen LogP contribution in [0, 0.1) is 6.92 Å². The van der Waals surface area contributed by atoms with E-state index in [4.69, 9.17) is 5.73 Å². The molecular formula is C7H11N3O2S. The average Bonchev–Trinajstić information content (AvgIpc) is 2.51. The van der Waals surface area contributed by atoms with Gasteiger partial charge in [-0.05, 0) is 18.5 Å². The second kappa shape index (κ2) is 4.29. The molecule has 0 aliphatic rings. The Kier molecular flexibility index (Phi) is 3.32. The molecule has 6 heteroatoms. The van der Waals surface area contributed by atoms with E-state index in [1.807, 2.05) is 6.92 Å². The van der Waals surface area contributed by atoms with Gasteiger partial charge < -0.3 is 10.5 Å². The first kappa shape index (κ1) is 10.1. The van der Waals surface area contributed by atoms with E-state index in [-0.39, 0.29) is 18.4 Å². The van der Waals surface area contributed by atoms with Crippen LogP contribution in [0.5, 0.6) is 0 Å². The van der Waals surface area contributed by atoms with Crippen molar-refractivity contribution in [3.8, 4) is 0 Å². The summed E-state index contributed by atoms with van der Waals surface area (Å²) in [5.41, 5.74) is 6.53. The Bertz CT molecular complexity index is 300. The zero-order chi connectivity index (χ0) is 9.84. The molecule has 0 aliphatic carbocycles. The Labute approximate surface area is 80.1 Å². The van der Waals surface area contributed by atoms with Crippen molar-refractivity contribution < 1.29 is 9.53 Å². The molecule has 1 aromatic rings. The summed E-state index contributed by atoms with van der Waals surface area (Å²) in [5, 5.41) is 3.81. The maximum Gasteiger partial charge on any atom is 0.307 e. The number of methoxy groups -OCH3 is 1. The molecule has 0 amide bonds. The smallest absolute Gasteiger partial charge is 0.307 e. The van der Waals surface area contributed by atoms with Gasteiger partial charge in [0.2, 0.25) is 0 Å². The number of hydrogen-bond donors (Lipinski definition) is 1.